The summed E-state index contributed by atoms with van der Waals surface area (Å²) in [6, 6.07) is 4.49. The monoisotopic (exact) mass is 284 g/mol. The molecule has 0 fully saturated rings. The van der Waals surface area contributed by atoms with Crippen molar-refractivity contribution in [2.24, 2.45) is 0 Å². The molecule has 1 aromatic carbocycles. The molecule has 0 unspecified atom stereocenters. The summed E-state index contributed by atoms with van der Waals surface area (Å²) in [5.41, 5.74) is 1.35. The molecule has 0 aliphatic rings. The first-order chi connectivity index (χ1) is 9.20. The molecule has 2 aromatic rings. The Balaban J connectivity index is 2.01. The fraction of sp³-hybridized carbons (Fsp3) is 0.333. The van der Waals surface area contributed by atoms with Crippen LogP contribution >= 0.6 is 11.6 Å². The smallest absolute Gasteiger partial charge is 0.143 e. The van der Waals surface area contributed by atoms with Gasteiger partial charge in [-0.1, -0.05) is 16.8 Å². The zero-order chi connectivity index (χ0) is 13.7. The van der Waals surface area contributed by atoms with Crippen molar-refractivity contribution in [1.29, 1.82) is 0 Å². The van der Waals surface area contributed by atoms with Crippen LogP contribution in [-0.4, -0.2) is 35.3 Å². The summed E-state index contributed by atoms with van der Waals surface area (Å²) in [5.74, 6) is -0.477. The lowest BCUT2D eigenvalue weighted by Gasteiger charge is -2.01. The van der Waals surface area contributed by atoms with Gasteiger partial charge in [0, 0.05) is 26.3 Å². The molecule has 1 aromatic heterocycles. The number of halogens is 2. The van der Waals surface area contributed by atoms with Crippen LogP contribution in [0.4, 0.5) is 4.39 Å². The van der Waals surface area contributed by atoms with E-state index >= 15 is 0 Å². The molecule has 1 heterocycles. The van der Waals surface area contributed by atoms with Gasteiger partial charge in [0.05, 0.1) is 29.2 Å². The van der Waals surface area contributed by atoms with E-state index in [2.05, 4.69) is 15.6 Å². The fourth-order valence-corrected chi connectivity index (χ4v) is 1.64. The number of rotatable bonds is 6. The molecule has 1 N–H and O–H groups in total. The van der Waals surface area contributed by atoms with Gasteiger partial charge in [-0.2, -0.15) is 0 Å². The molecule has 2 rings (SSSR count). The van der Waals surface area contributed by atoms with Crippen molar-refractivity contribution >= 4 is 11.6 Å². The molecule has 0 bridgehead atoms. The number of hydrogen-bond donors (Lipinski definition) is 1. The molecule has 0 aliphatic heterocycles. The third-order valence-electron chi connectivity index (χ3n) is 2.50. The first-order valence-corrected chi connectivity index (χ1v) is 6.15. The summed E-state index contributed by atoms with van der Waals surface area (Å²) >= 11 is 5.63. The minimum Gasteiger partial charge on any atom is -0.383 e. The second kappa shape index (κ2) is 6.60. The summed E-state index contributed by atoms with van der Waals surface area (Å²) in [6.07, 6.45) is 1.74. The number of benzene rings is 1. The third kappa shape index (κ3) is 3.73. The maximum atomic E-state index is 13.3. The lowest BCUT2D eigenvalue weighted by molar-refractivity contribution is 0.199. The van der Waals surface area contributed by atoms with E-state index in [-0.39, 0.29) is 5.02 Å². The summed E-state index contributed by atoms with van der Waals surface area (Å²) in [4.78, 5) is 0. The molecular weight excluding hydrogens is 271 g/mol. The highest BCUT2D eigenvalue weighted by Gasteiger charge is 2.05. The number of nitrogens with zero attached hydrogens (tertiary/aromatic N) is 3. The van der Waals surface area contributed by atoms with Gasteiger partial charge in [0.1, 0.15) is 5.82 Å². The molecule has 0 atom stereocenters. The highest BCUT2D eigenvalue weighted by Crippen LogP contribution is 2.17. The highest BCUT2D eigenvalue weighted by molar-refractivity contribution is 6.30. The van der Waals surface area contributed by atoms with Crippen molar-refractivity contribution in [3.63, 3.8) is 0 Å². The lowest BCUT2D eigenvalue weighted by Crippen LogP contribution is -2.18. The summed E-state index contributed by atoms with van der Waals surface area (Å²) in [7, 11) is 1.65. The van der Waals surface area contributed by atoms with Crippen LogP contribution in [0.25, 0.3) is 5.69 Å². The molecule has 7 heteroatoms. The van der Waals surface area contributed by atoms with Gasteiger partial charge in [-0.3, -0.25) is 0 Å². The summed E-state index contributed by atoms with van der Waals surface area (Å²) in [6.45, 7) is 1.95. The Morgan fingerprint density at radius 3 is 3.05 bits per heavy atom. The fourth-order valence-electron chi connectivity index (χ4n) is 1.52. The molecule has 0 spiro atoms. The second-order valence-corrected chi connectivity index (χ2v) is 4.33. The zero-order valence-corrected chi connectivity index (χ0v) is 11.2. The van der Waals surface area contributed by atoms with E-state index in [1.54, 1.807) is 19.4 Å². The molecule has 102 valence electrons. The van der Waals surface area contributed by atoms with Crippen LogP contribution in [0.5, 0.6) is 0 Å². The van der Waals surface area contributed by atoms with Gasteiger partial charge in [-0.05, 0) is 12.1 Å². The Labute approximate surface area is 115 Å². The predicted molar refractivity (Wildman–Crippen MR) is 69.9 cm³/mol. The molecule has 19 heavy (non-hydrogen) atoms. The quantitative estimate of drug-likeness (QED) is 0.822. The maximum absolute atomic E-state index is 13.3. The van der Waals surface area contributed by atoms with Crippen LogP contribution in [0.3, 0.4) is 0 Å². The Bertz CT molecular complexity index is 546. The Kier molecular flexibility index (Phi) is 4.84. The average Bonchev–Trinajstić information content (AvgIpc) is 2.87. The SMILES string of the molecule is COCCNCc1cn(-c2ccc(Cl)c(F)c2)nn1. The minimum absolute atomic E-state index is 0.0883. The van der Waals surface area contributed by atoms with E-state index in [0.29, 0.717) is 18.8 Å². The number of nitrogens with one attached hydrogen (secondary N) is 1. The van der Waals surface area contributed by atoms with Crippen molar-refractivity contribution in [2.75, 3.05) is 20.3 Å². The van der Waals surface area contributed by atoms with Crippen molar-refractivity contribution in [3.8, 4) is 5.69 Å². The number of methoxy groups -OCH3 is 1. The Morgan fingerprint density at radius 1 is 1.47 bits per heavy atom. The van der Waals surface area contributed by atoms with Crippen molar-refractivity contribution in [3.05, 3.63) is 40.9 Å². The molecule has 0 radical (unpaired) electrons. The number of aromatic nitrogens is 3. The van der Waals surface area contributed by atoms with Crippen LogP contribution < -0.4 is 5.32 Å². The van der Waals surface area contributed by atoms with Gasteiger partial charge < -0.3 is 10.1 Å². The molecule has 0 aliphatic carbocycles. The van der Waals surface area contributed by atoms with Gasteiger partial charge in [-0.15, -0.1) is 5.10 Å². The van der Waals surface area contributed by atoms with E-state index in [9.17, 15) is 4.39 Å². The largest absolute Gasteiger partial charge is 0.383 e. The van der Waals surface area contributed by atoms with E-state index < -0.39 is 5.82 Å². The van der Waals surface area contributed by atoms with Gasteiger partial charge >= 0.3 is 0 Å². The minimum atomic E-state index is -0.477. The van der Waals surface area contributed by atoms with Crippen molar-refractivity contribution < 1.29 is 9.13 Å². The highest BCUT2D eigenvalue weighted by atomic mass is 35.5. The topological polar surface area (TPSA) is 52.0 Å². The standard InChI is InChI=1S/C12H14ClFN4O/c1-19-5-4-15-7-9-8-18(17-16-9)10-2-3-11(13)12(14)6-10/h2-3,6,8,15H,4-5,7H2,1H3. The van der Waals surface area contributed by atoms with Gasteiger partial charge in [0.15, 0.2) is 0 Å². The molecule has 0 saturated carbocycles. The van der Waals surface area contributed by atoms with Gasteiger partial charge in [0.25, 0.3) is 0 Å². The van der Waals surface area contributed by atoms with E-state index in [1.165, 1.54) is 16.8 Å². The van der Waals surface area contributed by atoms with Crippen LogP contribution in [0.15, 0.2) is 24.4 Å². The summed E-state index contributed by atoms with van der Waals surface area (Å²) < 4.78 is 19.8. The Hall–Kier alpha value is -1.50. The van der Waals surface area contributed by atoms with Crippen LogP contribution in [0.1, 0.15) is 5.69 Å². The molecule has 5 nitrogen and oxygen atoms in total. The maximum Gasteiger partial charge on any atom is 0.143 e. The number of ether oxygens (including phenoxy) is 1. The van der Waals surface area contributed by atoms with E-state index in [1.807, 2.05) is 0 Å². The molecule has 0 amide bonds. The first-order valence-electron chi connectivity index (χ1n) is 5.77. The second-order valence-electron chi connectivity index (χ2n) is 3.92. The molecule has 0 saturated heterocycles. The average molecular weight is 285 g/mol. The normalized spacial score (nSPS) is 10.9. The van der Waals surface area contributed by atoms with Crippen LogP contribution in [0, 0.1) is 5.82 Å². The van der Waals surface area contributed by atoms with Gasteiger partial charge in [-0.25, -0.2) is 9.07 Å². The number of hydrogen-bond acceptors (Lipinski definition) is 4. The van der Waals surface area contributed by atoms with Crippen molar-refractivity contribution in [2.45, 2.75) is 6.54 Å². The van der Waals surface area contributed by atoms with E-state index in [0.717, 1.165) is 12.2 Å². The zero-order valence-electron chi connectivity index (χ0n) is 10.4. The predicted octanol–water partition coefficient (Wildman–Crippen LogP) is 1.80. The summed E-state index contributed by atoms with van der Waals surface area (Å²) in [5, 5.41) is 11.2. The lowest BCUT2D eigenvalue weighted by atomic mass is 10.3. The van der Waals surface area contributed by atoms with E-state index in [4.69, 9.17) is 16.3 Å². The van der Waals surface area contributed by atoms with Crippen LogP contribution in [0.2, 0.25) is 5.02 Å². The molecular formula is C12H14ClFN4O. The Morgan fingerprint density at radius 2 is 2.32 bits per heavy atom. The van der Waals surface area contributed by atoms with Crippen molar-refractivity contribution in [1.82, 2.24) is 20.3 Å². The van der Waals surface area contributed by atoms with Gasteiger partial charge in [0.2, 0.25) is 0 Å². The van der Waals surface area contributed by atoms with Crippen LogP contribution in [-0.2, 0) is 11.3 Å². The third-order valence-corrected chi connectivity index (χ3v) is 2.80. The first kappa shape index (κ1) is 13.9.